The quantitative estimate of drug-likeness (QED) is 0.897. The van der Waals surface area contributed by atoms with Gasteiger partial charge in [0.05, 0.1) is 0 Å². The summed E-state index contributed by atoms with van der Waals surface area (Å²) in [5, 5.41) is 0. The summed E-state index contributed by atoms with van der Waals surface area (Å²) in [6.45, 7) is 9.02. The van der Waals surface area contributed by atoms with Crippen LogP contribution < -0.4 is 5.73 Å². The number of rotatable bonds is 5. The Bertz CT molecular complexity index is 629. The Morgan fingerprint density at radius 3 is 2.62 bits per heavy atom. The number of imidazole rings is 1. The third-order valence-electron chi connectivity index (χ3n) is 3.55. The molecule has 3 nitrogen and oxygen atoms in total. The number of benzene rings is 1. The van der Waals surface area contributed by atoms with Gasteiger partial charge < -0.3 is 10.3 Å². The molecule has 0 radical (unpaired) electrons. The fourth-order valence-electron chi connectivity index (χ4n) is 2.45. The van der Waals surface area contributed by atoms with Crippen LogP contribution in [0, 0.1) is 18.7 Å². The van der Waals surface area contributed by atoms with E-state index in [1.807, 2.05) is 6.07 Å². The van der Waals surface area contributed by atoms with Gasteiger partial charge in [-0.3, -0.25) is 0 Å². The van der Waals surface area contributed by atoms with Crippen LogP contribution in [0.5, 0.6) is 0 Å². The largest absolute Gasteiger partial charge is 0.383 e. The first-order chi connectivity index (χ1) is 9.93. The molecule has 1 aromatic carbocycles. The van der Waals surface area contributed by atoms with Gasteiger partial charge in [0.1, 0.15) is 23.2 Å². The molecule has 114 valence electrons. The normalized spacial score (nSPS) is 11.3. The van der Waals surface area contributed by atoms with Gasteiger partial charge in [0, 0.05) is 18.5 Å². The van der Waals surface area contributed by atoms with E-state index in [1.165, 1.54) is 6.07 Å². The van der Waals surface area contributed by atoms with Crippen LogP contribution in [-0.2, 0) is 13.0 Å². The summed E-state index contributed by atoms with van der Waals surface area (Å²) in [6, 6.07) is 5.17. The lowest BCUT2D eigenvalue weighted by atomic mass is 10.1. The molecule has 0 fully saturated rings. The van der Waals surface area contributed by atoms with Crippen LogP contribution in [0.1, 0.15) is 38.6 Å². The van der Waals surface area contributed by atoms with Crippen molar-refractivity contribution in [2.75, 3.05) is 5.73 Å². The molecule has 2 N–H and O–H groups in total. The maximum absolute atomic E-state index is 13.8. The monoisotopic (exact) mass is 289 g/mol. The highest BCUT2D eigenvalue weighted by Gasteiger charge is 2.17. The van der Waals surface area contributed by atoms with Crippen molar-refractivity contribution < 1.29 is 4.39 Å². The Hall–Kier alpha value is -1.84. The first kappa shape index (κ1) is 15.5. The molecule has 0 spiro atoms. The average Bonchev–Trinajstić information content (AvgIpc) is 2.71. The highest BCUT2D eigenvalue weighted by Crippen LogP contribution is 2.29. The molecule has 0 saturated carbocycles. The molecule has 21 heavy (non-hydrogen) atoms. The van der Waals surface area contributed by atoms with E-state index in [4.69, 9.17) is 5.73 Å². The zero-order chi connectivity index (χ0) is 15.6. The molecule has 2 aromatic rings. The van der Waals surface area contributed by atoms with Crippen molar-refractivity contribution in [3.8, 4) is 11.3 Å². The number of nitrogen functional groups attached to an aromatic ring is 1. The molecular formula is C17H24FN3. The second kappa shape index (κ2) is 6.29. The van der Waals surface area contributed by atoms with Gasteiger partial charge in [-0.1, -0.05) is 32.9 Å². The number of aryl methyl sites for hydroxylation is 2. The lowest BCUT2D eigenvalue weighted by Gasteiger charge is -2.12. The first-order valence-corrected chi connectivity index (χ1v) is 7.55. The van der Waals surface area contributed by atoms with Gasteiger partial charge in [0.2, 0.25) is 0 Å². The molecule has 0 saturated heterocycles. The lowest BCUT2D eigenvalue weighted by molar-refractivity contribution is 0.510. The van der Waals surface area contributed by atoms with E-state index < -0.39 is 0 Å². The van der Waals surface area contributed by atoms with Crippen LogP contribution in [0.3, 0.4) is 0 Å². The molecule has 1 aromatic heterocycles. The maximum atomic E-state index is 13.8. The smallest absolute Gasteiger partial charge is 0.131 e. The molecule has 0 bridgehead atoms. The van der Waals surface area contributed by atoms with Gasteiger partial charge in [-0.15, -0.1) is 0 Å². The van der Waals surface area contributed by atoms with Gasteiger partial charge in [-0.05, 0) is 30.9 Å². The minimum Gasteiger partial charge on any atom is -0.383 e. The van der Waals surface area contributed by atoms with E-state index in [0.29, 0.717) is 23.0 Å². The zero-order valence-electron chi connectivity index (χ0n) is 13.3. The summed E-state index contributed by atoms with van der Waals surface area (Å²) < 4.78 is 15.9. The van der Waals surface area contributed by atoms with Crippen LogP contribution in [-0.4, -0.2) is 9.55 Å². The molecule has 0 aliphatic carbocycles. The van der Waals surface area contributed by atoms with E-state index in [2.05, 4.69) is 30.3 Å². The predicted molar refractivity (Wildman–Crippen MR) is 85.6 cm³/mol. The van der Waals surface area contributed by atoms with Gasteiger partial charge in [0.15, 0.2) is 0 Å². The Morgan fingerprint density at radius 2 is 2.05 bits per heavy atom. The minimum absolute atomic E-state index is 0.220. The molecular weight excluding hydrogens is 265 g/mol. The van der Waals surface area contributed by atoms with Crippen molar-refractivity contribution in [3.63, 3.8) is 0 Å². The van der Waals surface area contributed by atoms with Crippen molar-refractivity contribution in [1.29, 1.82) is 0 Å². The van der Waals surface area contributed by atoms with E-state index in [9.17, 15) is 4.39 Å². The van der Waals surface area contributed by atoms with Gasteiger partial charge in [-0.25, -0.2) is 9.37 Å². The third-order valence-corrected chi connectivity index (χ3v) is 3.55. The maximum Gasteiger partial charge on any atom is 0.131 e. The van der Waals surface area contributed by atoms with Crippen LogP contribution in [0.4, 0.5) is 10.2 Å². The lowest BCUT2D eigenvalue weighted by Crippen LogP contribution is -2.11. The first-order valence-electron chi connectivity index (χ1n) is 7.55. The Balaban J connectivity index is 2.50. The molecule has 0 amide bonds. The summed E-state index contributed by atoms with van der Waals surface area (Å²) in [7, 11) is 0. The standard InChI is InChI=1S/C17H24FN3/c1-5-6-15-20-16(17(19)21(15)10-11(2)3)13-8-7-12(4)14(18)9-13/h7-9,11H,5-6,10,19H2,1-4H3. The van der Waals surface area contributed by atoms with Crippen LogP contribution in [0.15, 0.2) is 18.2 Å². The molecule has 2 rings (SSSR count). The van der Waals surface area contributed by atoms with E-state index in [1.54, 1.807) is 13.0 Å². The van der Waals surface area contributed by atoms with Crippen molar-refractivity contribution in [2.45, 2.75) is 47.1 Å². The van der Waals surface area contributed by atoms with Crippen LogP contribution >= 0.6 is 0 Å². The Labute approximate surface area is 126 Å². The fourth-order valence-corrected chi connectivity index (χ4v) is 2.45. The summed E-state index contributed by atoms with van der Waals surface area (Å²) in [6.07, 6.45) is 1.89. The van der Waals surface area contributed by atoms with Crippen molar-refractivity contribution in [1.82, 2.24) is 9.55 Å². The van der Waals surface area contributed by atoms with Gasteiger partial charge >= 0.3 is 0 Å². The van der Waals surface area contributed by atoms with Gasteiger partial charge in [-0.2, -0.15) is 0 Å². The highest BCUT2D eigenvalue weighted by molar-refractivity contribution is 5.71. The SMILES string of the molecule is CCCc1nc(-c2ccc(C)c(F)c2)c(N)n1CC(C)C. The predicted octanol–water partition coefficient (Wildman–Crippen LogP) is 4.19. The number of aromatic nitrogens is 2. The van der Waals surface area contributed by atoms with Crippen LogP contribution in [0.2, 0.25) is 0 Å². The van der Waals surface area contributed by atoms with Gasteiger partial charge in [0.25, 0.3) is 0 Å². The number of hydrogen-bond acceptors (Lipinski definition) is 2. The second-order valence-corrected chi connectivity index (χ2v) is 5.98. The van der Waals surface area contributed by atoms with Crippen molar-refractivity contribution >= 4 is 5.82 Å². The van der Waals surface area contributed by atoms with Crippen molar-refractivity contribution in [2.24, 2.45) is 5.92 Å². The Kier molecular flexibility index (Phi) is 4.66. The zero-order valence-corrected chi connectivity index (χ0v) is 13.3. The minimum atomic E-state index is -0.220. The molecule has 4 heteroatoms. The molecule has 0 atom stereocenters. The fraction of sp³-hybridized carbons (Fsp3) is 0.471. The van der Waals surface area contributed by atoms with E-state index >= 15 is 0 Å². The molecule has 0 unspecified atom stereocenters. The van der Waals surface area contributed by atoms with E-state index in [-0.39, 0.29) is 5.82 Å². The summed E-state index contributed by atoms with van der Waals surface area (Å²) in [5.74, 6) is 1.89. The Morgan fingerprint density at radius 1 is 1.33 bits per heavy atom. The average molecular weight is 289 g/mol. The number of anilines is 1. The number of nitrogens with two attached hydrogens (primary N) is 1. The topological polar surface area (TPSA) is 43.8 Å². The third kappa shape index (κ3) is 3.26. The number of hydrogen-bond donors (Lipinski definition) is 1. The summed E-state index contributed by atoms with van der Waals surface area (Å²) >= 11 is 0. The summed E-state index contributed by atoms with van der Waals surface area (Å²) in [5.41, 5.74) is 8.35. The molecule has 0 aliphatic rings. The van der Waals surface area contributed by atoms with Crippen molar-refractivity contribution in [3.05, 3.63) is 35.4 Å². The number of nitrogens with zero attached hydrogens (tertiary/aromatic N) is 2. The van der Waals surface area contributed by atoms with E-state index in [0.717, 1.165) is 30.8 Å². The molecule has 0 aliphatic heterocycles. The highest BCUT2D eigenvalue weighted by atomic mass is 19.1. The van der Waals surface area contributed by atoms with Crippen LogP contribution in [0.25, 0.3) is 11.3 Å². The summed E-state index contributed by atoms with van der Waals surface area (Å²) in [4.78, 5) is 4.66. The molecule has 1 heterocycles. The number of halogens is 1. The second-order valence-electron chi connectivity index (χ2n) is 5.98.